The van der Waals surface area contributed by atoms with E-state index in [1.807, 2.05) is 65.6 Å². The first kappa shape index (κ1) is 30.8. The van der Waals surface area contributed by atoms with Gasteiger partial charge in [-0.2, -0.15) is 0 Å². The van der Waals surface area contributed by atoms with Crippen LogP contribution in [0.15, 0.2) is 78.9 Å². The average molecular weight is 598 g/mol. The Balaban J connectivity index is 1.33. The molecule has 1 fully saturated rings. The van der Waals surface area contributed by atoms with Crippen LogP contribution in [-0.2, 0) is 24.5 Å². The van der Waals surface area contributed by atoms with E-state index < -0.39 is 17.3 Å². The summed E-state index contributed by atoms with van der Waals surface area (Å²) in [6.07, 6.45) is 2.17. The lowest BCUT2D eigenvalue weighted by molar-refractivity contribution is -0.144. The molecule has 0 bridgehead atoms. The standard InChI is InChI=1S/C35H39N3O6/c1-3-44-31(39)23-36-34(42)35(24-11-5-4-6-12-24)20-17-27(26-13-7-9-15-29(26)35)33(41)38-21-18-25(19-22-38)37-32(40)28-14-8-10-16-30(28)43-2/h4-16,25,27H,3,17-23H2,1-2H3,(H,36,42)(H,37,40)/t27-,35+/m0/s1. The van der Waals surface area contributed by atoms with Crippen LogP contribution in [0.5, 0.6) is 5.75 Å². The number of nitrogens with one attached hydrogen (secondary N) is 2. The first-order chi connectivity index (χ1) is 21.4. The fourth-order valence-electron chi connectivity index (χ4n) is 6.56. The molecule has 3 aromatic rings. The van der Waals surface area contributed by atoms with Crippen molar-refractivity contribution >= 4 is 23.7 Å². The summed E-state index contributed by atoms with van der Waals surface area (Å²) in [4.78, 5) is 54.9. The highest BCUT2D eigenvalue weighted by atomic mass is 16.5. The van der Waals surface area contributed by atoms with Gasteiger partial charge in [0, 0.05) is 19.1 Å². The number of carbonyl (C=O) groups excluding carboxylic acids is 4. The lowest BCUT2D eigenvalue weighted by Gasteiger charge is -2.42. The Morgan fingerprint density at radius 2 is 1.57 bits per heavy atom. The molecule has 1 aliphatic carbocycles. The normalized spacial score (nSPS) is 19.8. The Hall–Kier alpha value is -4.66. The zero-order chi connectivity index (χ0) is 31.1. The number of nitrogens with zero attached hydrogens (tertiary/aromatic N) is 1. The van der Waals surface area contributed by atoms with Crippen molar-refractivity contribution in [2.45, 2.75) is 50.0 Å². The maximum absolute atomic E-state index is 14.0. The maximum Gasteiger partial charge on any atom is 0.325 e. The van der Waals surface area contributed by atoms with Gasteiger partial charge in [-0.25, -0.2) is 0 Å². The number of hydrogen-bond donors (Lipinski definition) is 2. The molecular weight excluding hydrogens is 558 g/mol. The summed E-state index contributed by atoms with van der Waals surface area (Å²) in [5.41, 5.74) is 1.84. The molecule has 2 N–H and O–H groups in total. The number of carbonyl (C=O) groups is 4. The molecule has 1 saturated heterocycles. The first-order valence-electron chi connectivity index (χ1n) is 15.2. The van der Waals surface area contributed by atoms with Crippen LogP contribution in [0.3, 0.4) is 0 Å². The summed E-state index contributed by atoms with van der Waals surface area (Å²) < 4.78 is 10.4. The van der Waals surface area contributed by atoms with Gasteiger partial charge in [-0.15, -0.1) is 0 Å². The van der Waals surface area contributed by atoms with E-state index in [1.165, 1.54) is 0 Å². The van der Waals surface area contributed by atoms with Gasteiger partial charge in [-0.3, -0.25) is 19.2 Å². The summed E-state index contributed by atoms with van der Waals surface area (Å²) in [6.45, 7) is 2.78. The van der Waals surface area contributed by atoms with Gasteiger partial charge in [0.1, 0.15) is 12.3 Å². The fraction of sp³-hybridized carbons (Fsp3) is 0.371. The number of fused-ring (bicyclic) bond motifs is 1. The molecule has 0 aromatic heterocycles. The molecule has 1 heterocycles. The van der Waals surface area contributed by atoms with Crippen LogP contribution in [0.1, 0.15) is 65.6 Å². The fourth-order valence-corrected chi connectivity index (χ4v) is 6.56. The van der Waals surface area contributed by atoms with E-state index in [9.17, 15) is 19.2 Å². The van der Waals surface area contributed by atoms with E-state index >= 15 is 0 Å². The molecule has 44 heavy (non-hydrogen) atoms. The Kier molecular flexibility index (Phi) is 9.62. The van der Waals surface area contributed by atoms with Crippen molar-refractivity contribution in [3.8, 4) is 5.75 Å². The molecular formula is C35H39N3O6. The van der Waals surface area contributed by atoms with Crippen molar-refractivity contribution in [2.75, 3.05) is 33.4 Å². The quantitative estimate of drug-likeness (QED) is 0.361. The maximum atomic E-state index is 14.0. The van der Waals surface area contributed by atoms with Crippen LogP contribution in [0.25, 0.3) is 0 Å². The van der Waals surface area contributed by atoms with E-state index in [0.717, 1.165) is 16.7 Å². The minimum absolute atomic E-state index is 0.0283. The molecule has 0 unspecified atom stereocenters. The largest absolute Gasteiger partial charge is 0.496 e. The Morgan fingerprint density at radius 1 is 0.886 bits per heavy atom. The predicted molar refractivity (Wildman–Crippen MR) is 165 cm³/mol. The van der Waals surface area contributed by atoms with E-state index in [2.05, 4.69) is 10.6 Å². The van der Waals surface area contributed by atoms with Gasteiger partial charge >= 0.3 is 5.97 Å². The van der Waals surface area contributed by atoms with Gasteiger partial charge in [-0.1, -0.05) is 66.7 Å². The molecule has 0 radical (unpaired) electrons. The minimum atomic E-state index is -1.06. The third-order valence-corrected chi connectivity index (χ3v) is 8.75. The van der Waals surface area contributed by atoms with Crippen LogP contribution >= 0.6 is 0 Å². The molecule has 0 saturated carbocycles. The summed E-state index contributed by atoms with van der Waals surface area (Å²) in [5.74, 6) is -0.826. The number of rotatable bonds is 9. The van der Waals surface area contributed by atoms with Gasteiger partial charge in [0.25, 0.3) is 5.91 Å². The number of hydrogen-bond acceptors (Lipinski definition) is 6. The number of amides is 3. The zero-order valence-electron chi connectivity index (χ0n) is 25.2. The van der Waals surface area contributed by atoms with Crippen molar-refractivity contribution < 1.29 is 28.7 Å². The lowest BCUT2D eigenvalue weighted by Crippen LogP contribution is -2.51. The zero-order valence-corrected chi connectivity index (χ0v) is 25.2. The molecule has 5 rings (SSSR count). The second-order valence-electron chi connectivity index (χ2n) is 11.2. The number of benzene rings is 3. The summed E-state index contributed by atoms with van der Waals surface area (Å²) in [7, 11) is 1.54. The second-order valence-corrected chi connectivity index (χ2v) is 11.2. The van der Waals surface area contributed by atoms with Gasteiger partial charge < -0.3 is 25.0 Å². The SMILES string of the molecule is CCOC(=O)CNC(=O)[C@@]1(c2ccccc2)CC[C@H](C(=O)N2CCC(NC(=O)c3ccccc3OC)CC2)c2ccccc21. The highest BCUT2D eigenvalue weighted by Crippen LogP contribution is 2.48. The van der Waals surface area contributed by atoms with Crippen LogP contribution in [-0.4, -0.2) is 68.0 Å². The third kappa shape index (κ3) is 6.18. The lowest BCUT2D eigenvalue weighted by atomic mass is 9.62. The van der Waals surface area contributed by atoms with Crippen molar-refractivity contribution in [2.24, 2.45) is 0 Å². The predicted octanol–water partition coefficient (Wildman–Crippen LogP) is 3.96. The van der Waals surface area contributed by atoms with Crippen LogP contribution in [0.2, 0.25) is 0 Å². The summed E-state index contributed by atoms with van der Waals surface area (Å²) in [6, 6.07) is 24.3. The number of piperidine rings is 1. The van der Waals surface area contributed by atoms with E-state index in [-0.39, 0.29) is 36.9 Å². The first-order valence-corrected chi connectivity index (χ1v) is 15.2. The van der Waals surface area contributed by atoms with E-state index in [1.54, 1.807) is 32.2 Å². The Morgan fingerprint density at radius 3 is 2.30 bits per heavy atom. The van der Waals surface area contributed by atoms with E-state index in [0.29, 0.717) is 50.1 Å². The van der Waals surface area contributed by atoms with Crippen molar-refractivity contribution in [3.05, 3.63) is 101 Å². The van der Waals surface area contributed by atoms with Crippen molar-refractivity contribution in [3.63, 3.8) is 0 Å². The summed E-state index contributed by atoms with van der Waals surface area (Å²) in [5, 5.41) is 5.91. The number of methoxy groups -OCH3 is 1. The molecule has 9 heteroatoms. The molecule has 1 aliphatic heterocycles. The molecule has 3 amide bonds. The molecule has 3 aromatic carbocycles. The van der Waals surface area contributed by atoms with Gasteiger partial charge in [-0.05, 0) is 61.4 Å². The third-order valence-electron chi connectivity index (χ3n) is 8.75. The monoisotopic (exact) mass is 597 g/mol. The Bertz CT molecular complexity index is 1500. The molecule has 0 spiro atoms. The number of ether oxygens (including phenoxy) is 2. The van der Waals surface area contributed by atoms with Crippen LogP contribution in [0, 0.1) is 0 Å². The van der Waals surface area contributed by atoms with E-state index in [4.69, 9.17) is 9.47 Å². The highest BCUT2D eigenvalue weighted by molar-refractivity contribution is 5.97. The van der Waals surface area contributed by atoms with Crippen molar-refractivity contribution in [1.82, 2.24) is 15.5 Å². The topological polar surface area (TPSA) is 114 Å². The molecule has 9 nitrogen and oxygen atoms in total. The molecule has 2 aliphatic rings. The molecule has 2 atom stereocenters. The second kappa shape index (κ2) is 13.8. The van der Waals surface area contributed by atoms with Gasteiger partial charge in [0.05, 0.1) is 30.6 Å². The van der Waals surface area contributed by atoms with Crippen LogP contribution < -0.4 is 15.4 Å². The average Bonchev–Trinajstić information content (AvgIpc) is 3.07. The number of esters is 1. The van der Waals surface area contributed by atoms with Gasteiger partial charge in [0.2, 0.25) is 11.8 Å². The van der Waals surface area contributed by atoms with Crippen LogP contribution in [0.4, 0.5) is 0 Å². The Labute approximate surface area is 257 Å². The minimum Gasteiger partial charge on any atom is -0.496 e. The highest BCUT2D eigenvalue weighted by Gasteiger charge is 2.49. The smallest absolute Gasteiger partial charge is 0.325 e. The molecule has 230 valence electrons. The number of likely N-dealkylation sites (tertiary alicyclic amines) is 1. The number of para-hydroxylation sites is 1. The van der Waals surface area contributed by atoms with Crippen molar-refractivity contribution in [1.29, 1.82) is 0 Å². The summed E-state index contributed by atoms with van der Waals surface area (Å²) >= 11 is 0. The van der Waals surface area contributed by atoms with Gasteiger partial charge in [0.15, 0.2) is 0 Å².